The number of aryl methyl sites for hydroxylation is 1. The van der Waals surface area contributed by atoms with Gasteiger partial charge in [0.05, 0.1) is 6.54 Å². The molecule has 3 aromatic rings. The third-order valence-corrected chi connectivity index (χ3v) is 3.65. The van der Waals surface area contributed by atoms with Crippen molar-refractivity contribution in [1.82, 2.24) is 9.78 Å². The molecule has 6 heteroatoms. The Labute approximate surface area is 143 Å². The van der Waals surface area contributed by atoms with E-state index in [9.17, 15) is 14.0 Å². The van der Waals surface area contributed by atoms with E-state index >= 15 is 0 Å². The summed E-state index contributed by atoms with van der Waals surface area (Å²) in [5.41, 5.74) is 2.24. The van der Waals surface area contributed by atoms with Crippen LogP contribution < -0.4 is 10.9 Å². The molecule has 0 aliphatic heterocycles. The Balaban J connectivity index is 1.80. The van der Waals surface area contributed by atoms with Gasteiger partial charge in [-0.05, 0) is 42.8 Å². The maximum Gasteiger partial charge on any atom is 0.276 e. The number of nitrogens with zero attached hydrogens (tertiary/aromatic N) is 2. The van der Waals surface area contributed by atoms with Crippen LogP contribution in [0.25, 0.3) is 0 Å². The van der Waals surface area contributed by atoms with Crippen molar-refractivity contribution in [3.8, 4) is 0 Å². The van der Waals surface area contributed by atoms with Crippen molar-refractivity contribution < 1.29 is 9.18 Å². The molecule has 1 heterocycles. The van der Waals surface area contributed by atoms with Crippen LogP contribution in [0.15, 0.2) is 65.5 Å². The lowest BCUT2D eigenvalue weighted by Gasteiger charge is -2.08. The molecular formula is C19H16FN3O2. The molecule has 0 aliphatic carbocycles. The Bertz CT molecular complexity index is 948. The van der Waals surface area contributed by atoms with Crippen LogP contribution in [-0.2, 0) is 6.54 Å². The van der Waals surface area contributed by atoms with Crippen LogP contribution in [0.4, 0.5) is 10.1 Å². The number of aromatic nitrogens is 2. The SMILES string of the molecule is Cc1ccc(NC(=O)c2ccc(=O)n(Cc3ccc(F)cc3)n2)cc1. The van der Waals surface area contributed by atoms with Crippen molar-refractivity contribution in [2.24, 2.45) is 0 Å². The molecular weight excluding hydrogens is 321 g/mol. The zero-order chi connectivity index (χ0) is 17.8. The van der Waals surface area contributed by atoms with E-state index in [1.807, 2.05) is 19.1 Å². The Morgan fingerprint density at radius 3 is 2.40 bits per heavy atom. The van der Waals surface area contributed by atoms with Crippen molar-refractivity contribution in [3.63, 3.8) is 0 Å². The number of benzene rings is 2. The minimum absolute atomic E-state index is 0.127. The fourth-order valence-electron chi connectivity index (χ4n) is 2.28. The van der Waals surface area contributed by atoms with Crippen LogP contribution in [0.2, 0.25) is 0 Å². The van der Waals surface area contributed by atoms with Gasteiger partial charge in [0.15, 0.2) is 0 Å². The Hall–Kier alpha value is -3.28. The largest absolute Gasteiger partial charge is 0.321 e. The fraction of sp³-hybridized carbons (Fsp3) is 0.105. The van der Waals surface area contributed by atoms with Gasteiger partial charge in [0.2, 0.25) is 0 Å². The summed E-state index contributed by atoms with van der Waals surface area (Å²) in [5, 5.41) is 6.84. The molecule has 3 rings (SSSR count). The maximum atomic E-state index is 13.0. The highest BCUT2D eigenvalue weighted by molar-refractivity contribution is 6.02. The van der Waals surface area contributed by atoms with Crippen LogP contribution in [0.5, 0.6) is 0 Å². The third kappa shape index (κ3) is 4.17. The predicted octanol–water partition coefficient (Wildman–Crippen LogP) is 2.99. The summed E-state index contributed by atoms with van der Waals surface area (Å²) in [6.45, 7) is 2.11. The third-order valence-electron chi connectivity index (χ3n) is 3.65. The van der Waals surface area contributed by atoms with Crippen molar-refractivity contribution in [2.45, 2.75) is 13.5 Å². The van der Waals surface area contributed by atoms with Gasteiger partial charge in [-0.3, -0.25) is 9.59 Å². The fourth-order valence-corrected chi connectivity index (χ4v) is 2.28. The lowest BCUT2D eigenvalue weighted by atomic mass is 10.2. The molecule has 0 aliphatic rings. The smallest absolute Gasteiger partial charge is 0.276 e. The highest BCUT2D eigenvalue weighted by Gasteiger charge is 2.10. The molecule has 0 bridgehead atoms. The first-order chi connectivity index (χ1) is 12.0. The topological polar surface area (TPSA) is 64.0 Å². The summed E-state index contributed by atoms with van der Waals surface area (Å²) in [7, 11) is 0. The summed E-state index contributed by atoms with van der Waals surface area (Å²) in [6, 6.07) is 15.8. The molecule has 0 saturated carbocycles. The van der Waals surface area contributed by atoms with Gasteiger partial charge in [0.1, 0.15) is 11.5 Å². The first-order valence-electron chi connectivity index (χ1n) is 7.72. The number of hydrogen-bond donors (Lipinski definition) is 1. The molecule has 0 saturated heterocycles. The zero-order valence-corrected chi connectivity index (χ0v) is 13.6. The molecule has 25 heavy (non-hydrogen) atoms. The lowest BCUT2D eigenvalue weighted by molar-refractivity contribution is 0.102. The van der Waals surface area contributed by atoms with Crippen molar-refractivity contribution >= 4 is 11.6 Å². The standard InChI is InChI=1S/C19H16FN3O2/c1-13-2-8-16(9-3-13)21-19(25)17-10-11-18(24)23(22-17)12-14-4-6-15(20)7-5-14/h2-11H,12H2,1H3,(H,21,25). The van der Waals surface area contributed by atoms with Crippen molar-refractivity contribution in [1.29, 1.82) is 0 Å². The first kappa shape index (κ1) is 16.6. The van der Waals surface area contributed by atoms with Crippen molar-refractivity contribution in [3.05, 3.63) is 93.7 Å². The Morgan fingerprint density at radius 1 is 1.04 bits per heavy atom. The van der Waals surface area contributed by atoms with Gasteiger partial charge in [-0.25, -0.2) is 9.07 Å². The number of carbonyl (C=O) groups excluding carboxylic acids is 1. The van der Waals surface area contributed by atoms with E-state index in [-0.39, 0.29) is 23.6 Å². The summed E-state index contributed by atoms with van der Waals surface area (Å²) in [6.07, 6.45) is 0. The second-order valence-electron chi connectivity index (χ2n) is 5.66. The van der Waals surface area contributed by atoms with E-state index < -0.39 is 5.91 Å². The normalized spacial score (nSPS) is 10.5. The zero-order valence-electron chi connectivity index (χ0n) is 13.6. The van der Waals surface area contributed by atoms with Gasteiger partial charge in [-0.15, -0.1) is 0 Å². The quantitative estimate of drug-likeness (QED) is 0.796. The highest BCUT2D eigenvalue weighted by atomic mass is 19.1. The average molecular weight is 337 g/mol. The Morgan fingerprint density at radius 2 is 1.72 bits per heavy atom. The number of rotatable bonds is 4. The number of amides is 1. The molecule has 0 fully saturated rings. The van der Waals surface area contributed by atoms with Gasteiger partial charge in [-0.1, -0.05) is 29.8 Å². The van der Waals surface area contributed by atoms with Crippen molar-refractivity contribution in [2.75, 3.05) is 5.32 Å². The monoisotopic (exact) mass is 337 g/mol. The molecule has 1 aromatic heterocycles. The molecule has 5 nitrogen and oxygen atoms in total. The second-order valence-corrected chi connectivity index (χ2v) is 5.66. The lowest BCUT2D eigenvalue weighted by Crippen LogP contribution is -2.26. The minimum atomic E-state index is -0.406. The summed E-state index contributed by atoms with van der Waals surface area (Å²) in [5.74, 6) is -0.757. The van der Waals surface area contributed by atoms with Gasteiger partial charge in [0, 0.05) is 11.8 Å². The molecule has 0 radical (unpaired) electrons. The number of carbonyl (C=O) groups is 1. The molecule has 1 amide bonds. The van der Waals surface area contributed by atoms with E-state index in [4.69, 9.17) is 0 Å². The summed E-state index contributed by atoms with van der Waals surface area (Å²) < 4.78 is 14.1. The minimum Gasteiger partial charge on any atom is -0.321 e. The van der Waals surface area contributed by atoms with Crippen LogP contribution in [0.1, 0.15) is 21.6 Å². The molecule has 0 spiro atoms. The van der Waals surface area contributed by atoms with Crippen LogP contribution in [-0.4, -0.2) is 15.7 Å². The van der Waals surface area contributed by atoms with E-state index in [0.717, 1.165) is 5.56 Å². The van der Waals surface area contributed by atoms with E-state index in [1.165, 1.54) is 28.9 Å². The van der Waals surface area contributed by atoms with E-state index in [2.05, 4.69) is 10.4 Å². The highest BCUT2D eigenvalue weighted by Crippen LogP contribution is 2.10. The number of halogens is 1. The summed E-state index contributed by atoms with van der Waals surface area (Å²) in [4.78, 5) is 24.3. The summed E-state index contributed by atoms with van der Waals surface area (Å²) >= 11 is 0. The van der Waals surface area contributed by atoms with Gasteiger partial charge >= 0.3 is 0 Å². The maximum absolute atomic E-state index is 13.0. The van der Waals surface area contributed by atoms with Crippen LogP contribution >= 0.6 is 0 Å². The van der Waals surface area contributed by atoms with E-state index in [1.54, 1.807) is 24.3 Å². The number of hydrogen-bond acceptors (Lipinski definition) is 3. The molecule has 0 atom stereocenters. The van der Waals surface area contributed by atoms with Crippen LogP contribution in [0, 0.1) is 12.7 Å². The first-order valence-corrected chi connectivity index (χ1v) is 7.72. The van der Waals surface area contributed by atoms with Gasteiger partial charge < -0.3 is 5.32 Å². The number of nitrogens with one attached hydrogen (secondary N) is 1. The van der Waals surface area contributed by atoms with E-state index in [0.29, 0.717) is 11.3 Å². The molecule has 1 N–H and O–H groups in total. The molecule has 126 valence electrons. The molecule has 0 unspecified atom stereocenters. The van der Waals surface area contributed by atoms with Crippen LogP contribution in [0.3, 0.4) is 0 Å². The predicted molar refractivity (Wildman–Crippen MR) is 93.1 cm³/mol. The van der Waals surface area contributed by atoms with Gasteiger partial charge in [-0.2, -0.15) is 5.10 Å². The number of anilines is 1. The second kappa shape index (κ2) is 7.09. The van der Waals surface area contributed by atoms with Gasteiger partial charge in [0.25, 0.3) is 11.5 Å². The molecule has 2 aromatic carbocycles. The average Bonchev–Trinajstić information content (AvgIpc) is 2.60. The Kier molecular flexibility index (Phi) is 4.70.